The minimum absolute atomic E-state index is 0.0204. The summed E-state index contributed by atoms with van der Waals surface area (Å²) in [5.41, 5.74) is 4.99. The third kappa shape index (κ3) is 8.33. The van der Waals surface area contributed by atoms with E-state index in [1.165, 1.54) is 11.1 Å². The topological polar surface area (TPSA) is 70.5 Å². The molecule has 1 atom stereocenters. The van der Waals surface area contributed by atoms with Crippen molar-refractivity contribution in [3.8, 4) is 0 Å². The largest absolute Gasteiger partial charge is 0.481 e. The van der Waals surface area contributed by atoms with Crippen LogP contribution in [0.4, 0.5) is 5.82 Å². The summed E-state index contributed by atoms with van der Waals surface area (Å²) in [6.07, 6.45) is 1.36. The number of benzene rings is 2. The van der Waals surface area contributed by atoms with Crippen LogP contribution < -0.4 is 4.90 Å². The zero-order chi connectivity index (χ0) is 26.1. The summed E-state index contributed by atoms with van der Waals surface area (Å²) in [4.78, 5) is 31.8. The third-order valence-corrected chi connectivity index (χ3v) is 6.27. The van der Waals surface area contributed by atoms with E-state index < -0.39 is 5.97 Å². The number of Topliss-reactive ketones (excluding diaryl/α,β-unsaturated/α-hetero) is 1. The van der Waals surface area contributed by atoms with Crippen molar-refractivity contribution in [2.24, 2.45) is 5.92 Å². The molecule has 3 rings (SSSR count). The Morgan fingerprint density at radius 1 is 0.917 bits per heavy atom. The molecule has 0 saturated carbocycles. The molecule has 0 amide bonds. The van der Waals surface area contributed by atoms with Gasteiger partial charge in [0.1, 0.15) is 11.6 Å². The van der Waals surface area contributed by atoms with Crippen LogP contribution in [0.3, 0.4) is 0 Å². The van der Waals surface area contributed by atoms with E-state index in [0.717, 1.165) is 29.2 Å². The molecule has 2 aromatic carbocycles. The Kier molecular flexibility index (Phi) is 9.80. The van der Waals surface area contributed by atoms with Crippen molar-refractivity contribution in [2.45, 2.75) is 65.8 Å². The van der Waals surface area contributed by atoms with Gasteiger partial charge < -0.3 is 10.0 Å². The fourth-order valence-corrected chi connectivity index (χ4v) is 4.44. The van der Waals surface area contributed by atoms with Crippen LogP contribution in [-0.2, 0) is 29.0 Å². The van der Waals surface area contributed by atoms with E-state index in [0.29, 0.717) is 31.7 Å². The first kappa shape index (κ1) is 27.1. The molecule has 1 aromatic heterocycles. The molecule has 3 aromatic rings. The van der Waals surface area contributed by atoms with E-state index >= 15 is 0 Å². The number of anilines is 1. The van der Waals surface area contributed by atoms with Gasteiger partial charge in [0.25, 0.3) is 0 Å². The van der Waals surface area contributed by atoms with Crippen LogP contribution in [0, 0.1) is 12.8 Å². The minimum Gasteiger partial charge on any atom is -0.481 e. The molecular formula is C31H38N2O3. The van der Waals surface area contributed by atoms with Gasteiger partial charge >= 0.3 is 5.97 Å². The van der Waals surface area contributed by atoms with Crippen LogP contribution in [0.2, 0.25) is 0 Å². The molecule has 0 saturated heterocycles. The zero-order valence-electron chi connectivity index (χ0n) is 21.9. The van der Waals surface area contributed by atoms with Crippen molar-refractivity contribution < 1.29 is 14.7 Å². The number of nitrogens with zero attached hydrogens (tertiary/aromatic N) is 2. The predicted octanol–water partition coefficient (Wildman–Crippen LogP) is 6.38. The highest BCUT2D eigenvalue weighted by Gasteiger charge is 2.20. The quantitative estimate of drug-likeness (QED) is 0.304. The molecule has 190 valence electrons. The molecule has 5 heteroatoms. The third-order valence-electron chi connectivity index (χ3n) is 6.27. The first-order chi connectivity index (χ1) is 17.2. The van der Waals surface area contributed by atoms with Crippen LogP contribution in [-0.4, -0.2) is 28.4 Å². The number of carboxylic acids is 1. The fraction of sp³-hybridized carbons (Fsp3) is 0.387. The molecular weight excluding hydrogens is 448 g/mol. The number of aliphatic carboxylic acids is 1. The lowest BCUT2D eigenvalue weighted by Gasteiger charge is -2.27. The minimum atomic E-state index is -0.839. The van der Waals surface area contributed by atoms with Gasteiger partial charge in [-0.05, 0) is 48.1 Å². The maximum Gasteiger partial charge on any atom is 0.304 e. The number of ketones is 1. The van der Waals surface area contributed by atoms with Crippen LogP contribution in [0.25, 0.3) is 0 Å². The molecule has 0 spiro atoms. The summed E-state index contributed by atoms with van der Waals surface area (Å²) in [6, 6.07) is 22.3. The summed E-state index contributed by atoms with van der Waals surface area (Å²) in [7, 11) is 0. The Balaban J connectivity index is 1.95. The van der Waals surface area contributed by atoms with E-state index in [4.69, 9.17) is 4.98 Å². The van der Waals surface area contributed by atoms with E-state index in [9.17, 15) is 14.7 Å². The Morgan fingerprint density at radius 3 is 2.19 bits per heavy atom. The van der Waals surface area contributed by atoms with Gasteiger partial charge in [-0.1, -0.05) is 80.9 Å². The van der Waals surface area contributed by atoms with Crippen molar-refractivity contribution in [3.63, 3.8) is 0 Å². The molecule has 1 unspecified atom stereocenters. The second kappa shape index (κ2) is 13.0. The molecule has 1 heterocycles. The van der Waals surface area contributed by atoms with Gasteiger partial charge in [0.15, 0.2) is 0 Å². The van der Waals surface area contributed by atoms with E-state index in [1.54, 1.807) is 0 Å². The van der Waals surface area contributed by atoms with Gasteiger partial charge in [-0.15, -0.1) is 0 Å². The van der Waals surface area contributed by atoms with Gasteiger partial charge in [-0.25, -0.2) is 4.98 Å². The smallest absolute Gasteiger partial charge is 0.304 e. The number of hydrogen-bond acceptors (Lipinski definition) is 4. The molecule has 0 radical (unpaired) electrons. The van der Waals surface area contributed by atoms with E-state index in [1.807, 2.05) is 68.4 Å². The highest BCUT2D eigenvalue weighted by atomic mass is 16.4. The van der Waals surface area contributed by atoms with Gasteiger partial charge in [0, 0.05) is 37.5 Å². The first-order valence-corrected chi connectivity index (χ1v) is 12.8. The van der Waals surface area contributed by atoms with E-state index in [2.05, 4.69) is 30.9 Å². The van der Waals surface area contributed by atoms with Crippen molar-refractivity contribution in [3.05, 3.63) is 94.7 Å². The lowest BCUT2D eigenvalue weighted by Crippen LogP contribution is -2.28. The Bertz CT molecular complexity index is 1140. The van der Waals surface area contributed by atoms with Gasteiger partial charge in [-0.3, -0.25) is 9.59 Å². The zero-order valence-corrected chi connectivity index (χ0v) is 21.9. The molecule has 0 aliphatic heterocycles. The predicted molar refractivity (Wildman–Crippen MR) is 145 cm³/mol. The summed E-state index contributed by atoms with van der Waals surface area (Å²) >= 11 is 0. The molecule has 1 N–H and O–H groups in total. The van der Waals surface area contributed by atoms with Crippen molar-refractivity contribution in [1.29, 1.82) is 0 Å². The van der Waals surface area contributed by atoms with Crippen LogP contribution >= 0.6 is 0 Å². The van der Waals surface area contributed by atoms with Gasteiger partial charge in [0.05, 0.1) is 6.42 Å². The van der Waals surface area contributed by atoms with E-state index in [-0.39, 0.29) is 18.1 Å². The molecule has 0 fully saturated rings. The van der Waals surface area contributed by atoms with Crippen molar-refractivity contribution in [1.82, 2.24) is 4.98 Å². The normalized spacial score (nSPS) is 11.9. The summed E-state index contributed by atoms with van der Waals surface area (Å²) in [6.45, 7) is 9.87. The van der Waals surface area contributed by atoms with Crippen LogP contribution in [0.1, 0.15) is 67.5 Å². The highest BCUT2D eigenvalue weighted by Crippen LogP contribution is 2.27. The molecule has 5 nitrogen and oxygen atoms in total. The number of hydrogen-bond donors (Lipinski definition) is 1. The monoisotopic (exact) mass is 486 g/mol. The maximum absolute atomic E-state index is 13.0. The average Bonchev–Trinajstić information content (AvgIpc) is 2.83. The summed E-state index contributed by atoms with van der Waals surface area (Å²) in [5.74, 6) is 0.297. The standard InChI is InChI=1S/C31H38N2O3/c1-5-27(19-31(35)36)29-17-26(16-28(34)15-24-13-11-23(4)12-14-24)18-30(32-29)33(20-22(2)3)21-25-9-7-6-8-10-25/h6-14,17-18,22,27H,5,15-16,19-21H2,1-4H3,(H,35,36). The van der Waals surface area contributed by atoms with Crippen LogP contribution in [0.5, 0.6) is 0 Å². The number of aryl methyl sites for hydroxylation is 1. The summed E-state index contributed by atoms with van der Waals surface area (Å²) < 4.78 is 0. The van der Waals surface area contributed by atoms with Gasteiger partial charge in [0.2, 0.25) is 0 Å². The maximum atomic E-state index is 13.0. The van der Waals surface area contributed by atoms with Crippen molar-refractivity contribution >= 4 is 17.6 Å². The van der Waals surface area contributed by atoms with Crippen LogP contribution in [0.15, 0.2) is 66.7 Å². The number of rotatable bonds is 13. The molecule has 0 aliphatic rings. The SMILES string of the molecule is CCC(CC(=O)O)c1cc(CC(=O)Cc2ccc(C)cc2)cc(N(Cc2ccccc2)CC(C)C)n1. The average molecular weight is 487 g/mol. The number of carboxylic acid groups (broad SMARTS) is 1. The molecule has 0 aliphatic carbocycles. The summed E-state index contributed by atoms with van der Waals surface area (Å²) in [5, 5.41) is 9.47. The Morgan fingerprint density at radius 2 is 1.58 bits per heavy atom. The second-order valence-electron chi connectivity index (χ2n) is 10.1. The highest BCUT2D eigenvalue weighted by molar-refractivity contribution is 5.83. The van der Waals surface area contributed by atoms with Crippen molar-refractivity contribution in [2.75, 3.05) is 11.4 Å². The molecule has 0 bridgehead atoms. The number of carbonyl (C=O) groups excluding carboxylic acids is 1. The first-order valence-electron chi connectivity index (χ1n) is 12.8. The molecule has 36 heavy (non-hydrogen) atoms. The lowest BCUT2D eigenvalue weighted by molar-refractivity contribution is -0.137. The second-order valence-corrected chi connectivity index (χ2v) is 10.1. The number of carbonyl (C=O) groups is 2. The number of aromatic nitrogens is 1. The number of pyridine rings is 1. The Hall–Kier alpha value is -3.47. The Labute approximate surface area is 215 Å². The lowest BCUT2D eigenvalue weighted by atomic mass is 9.95. The van der Waals surface area contributed by atoms with Gasteiger partial charge in [-0.2, -0.15) is 0 Å². The fourth-order valence-electron chi connectivity index (χ4n) is 4.44.